The minimum atomic E-state index is 0.261. The zero-order valence-electron chi connectivity index (χ0n) is 9.95. The van der Waals surface area contributed by atoms with E-state index >= 15 is 0 Å². The molecule has 7 nitrogen and oxygen atoms in total. The van der Waals surface area contributed by atoms with Gasteiger partial charge in [-0.2, -0.15) is 15.3 Å². The van der Waals surface area contributed by atoms with Gasteiger partial charge in [-0.3, -0.25) is 10.1 Å². The lowest BCUT2D eigenvalue weighted by atomic mass is 10.1. The summed E-state index contributed by atoms with van der Waals surface area (Å²) in [5.74, 6) is 0.719. The Bertz CT molecular complexity index is 750. The number of nitriles is 1. The smallest absolute Gasteiger partial charge is 0.262 e. The number of aromatic amines is 1. The Balaban J connectivity index is 2.06. The molecule has 3 aromatic rings. The average molecular weight is 252 g/mol. The van der Waals surface area contributed by atoms with Crippen LogP contribution < -0.4 is 0 Å². The lowest BCUT2D eigenvalue weighted by Crippen LogP contribution is -1.86. The number of pyridine rings is 1. The van der Waals surface area contributed by atoms with E-state index in [0.29, 0.717) is 17.1 Å². The van der Waals surface area contributed by atoms with Crippen LogP contribution in [0.4, 0.5) is 0 Å². The van der Waals surface area contributed by atoms with Crippen LogP contribution >= 0.6 is 0 Å². The molecular weight excluding hydrogens is 244 g/mol. The van der Waals surface area contributed by atoms with Crippen molar-refractivity contribution < 1.29 is 4.52 Å². The third-order valence-corrected chi connectivity index (χ3v) is 2.67. The summed E-state index contributed by atoms with van der Waals surface area (Å²) < 4.78 is 5.17. The van der Waals surface area contributed by atoms with Gasteiger partial charge in [-0.25, -0.2) is 0 Å². The van der Waals surface area contributed by atoms with Crippen molar-refractivity contribution in [3.63, 3.8) is 0 Å². The van der Waals surface area contributed by atoms with E-state index in [1.165, 1.54) is 6.20 Å². The highest BCUT2D eigenvalue weighted by Gasteiger charge is 2.16. The summed E-state index contributed by atoms with van der Waals surface area (Å²) >= 11 is 0. The Morgan fingerprint density at radius 2 is 2.21 bits per heavy atom. The number of nitrogens with one attached hydrogen (secondary N) is 1. The molecule has 0 bridgehead atoms. The Morgan fingerprint density at radius 3 is 3.00 bits per heavy atom. The molecule has 3 heterocycles. The zero-order valence-corrected chi connectivity index (χ0v) is 9.95. The first-order valence-electron chi connectivity index (χ1n) is 5.48. The predicted octanol–water partition coefficient (Wildman–Crippen LogP) is 1.70. The van der Waals surface area contributed by atoms with Crippen molar-refractivity contribution in [2.24, 2.45) is 0 Å². The Labute approximate surface area is 107 Å². The molecule has 3 rings (SSSR count). The fourth-order valence-corrected chi connectivity index (χ4v) is 1.70. The largest absolute Gasteiger partial charge is 0.333 e. The summed E-state index contributed by atoms with van der Waals surface area (Å²) in [6, 6.07) is 3.79. The number of H-pyrrole nitrogens is 1. The monoisotopic (exact) mass is 252 g/mol. The number of rotatable bonds is 2. The molecule has 0 aromatic carbocycles. The Kier molecular flexibility index (Phi) is 2.54. The maximum Gasteiger partial charge on any atom is 0.262 e. The van der Waals surface area contributed by atoms with Crippen molar-refractivity contribution in [2.45, 2.75) is 6.92 Å². The van der Waals surface area contributed by atoms with E-state index in [1.807, 2.05) is 19.1 Å². The van der Waals surface area contributed by atoms with Crippen molar-refractivity contribution in [1.29, 1.82) is 5.26 Å². The molecule has 19 heavy (non-hydrogen) atoms. The van der Waals surface area contributed by atoms with Crippen LogP contribution in [0.1, 0.15) is 11.3 Å². The van der Waals surface area contributed by atoms with E-state index < -0.39 is 0 Å². The number of hydrogen-bond acceptors (Lipinski definition) is 6. The minimum Gasteiger partial charge on any atom is -0.333 e. The summed E-state index contributed by atoms with van der Waals surface area (Å²) in [5, 5.41) is 19.2. The van der Waals surface area contributed by atoms with E-state index in [4.69, 9.17) is 9.78 Å². The minimum absolute atomic E-state index is 0.261. The number of nitrogens with zero attached hydrogens (tertiary/aromatic N) is 5. The molecule has 3 aromatic heterocycles. The highest BCUT2D eigenvalue weighted by molar-refractivity contribution is 5.64. The second-order valence-corrected chi connectivity index (χ2v) is 3.88. The normalized spacial score (nSPS) is 10.3. The molecule has 0 radical (unpaired) electrons. The van der Waals surface area contributed by atoms with Gasteiger partial charge in [0.2, 0.25) is 5.82 Å². The Morgan fingerprint density at radius 1 is 1.32 bits per heavy atom. The van der Waals surface area contributed by atoms with Gasteiger partial charge in [0.15, 0.2) is 0 Å². The predicted molar refractivity (Wildman–Crippen MR) is 64.6 cm³/mol. The maximum atomic E-state index is 8.92. The molecule has 0 aliphatic rings. The van der Waals surface area contributed by atoms with Gasteiger partial charge in [0.1, 0.15) is 11.8 Å². The molecule has 0 aliphatic carbocycles. The molecule has 0 fully saturated rings. The molecule has 0 amide bonds. The van der Waals surface area contributed by atoms with Crippen molar-refractivity contribution in [2.75, 3.05) is 0 Å². The topological polar surface area (TPSA) is 104 Å². The SMILES string of the molecule is Cc1cnccc1-c1noc(-c2cn[nH]c2C#N)n1. The highest BCUT2D eigenvalue weighted by Crippen LogP contribution is 2.24. The van der Waals surface area contributed by atoms with Crippen LogP contribution in [0.3, 0.4) is 0 Å². The third kappa shape index (κ3) is 1.85. The van der Waals surface area contributed by atoms with Crippen LogP contribution in [0.25, 0.3) is 22.8 Å². The van der Waals surface area contributed by atoms with Crippen LogP contribution in [0, 0.1) is 18.3 Å². The number of aryl methyl sites for hydroxylation is 1. The molecule has 0 spiro atoms. The molecule has 0 aliphatic heterocycles. The van der Waals surface area contributed by atoms with Crippen LogP contribution in [-0.2, 0) is 0 Å². The van der Waals surface area contributed by atoms with Gasteiger partial charge < -0.3 is 4.52 Å². The van der Waals surface area contributed by atoms with Crippen molar-refractivity contribution in [3.8, 4) is 28.9 Å². The van der Waals surface area contributed by atoms with Crippen LogP contribution in [0.15, 0.2) is 29.2 Å². The first kappa shape index (κ1) is 11.1. The number of hydrogen-bond donors (Lipinski definition) is 1. The molecule has 0 saturated carbocycles. The standard InChI is InChI=1S/C12H8N6O/c1-7-5-14-3-2-8(7)11-16-12(19-18-11)9-6-15-17-10(9)4-13/h2-3,5-6H,1H3,(H,15,17). The first-order valence-corrected chi connectivity index (χ1v) is 5.48. The van der Waals surface area contributed by atoms with E-state index in [-0.39, 0.29) is 5.89 Å². The fraction of sp³-hybridized carbons (Fsp3) is 0.0833. The van der Waals surface area contributed by atoms with Gasteiger partial charge in [0.25, 0.3) is 5.89 Å². The molecule has 7 heteroatoms. The van der Waals surface area contributed by atoms with E-state index in [1.54, 1.807) is 12.4 Å². The maximum absolute atomic E-state index is 8.92. The van der Waals surface area contributed by atoms with Gasteiger partial charge in [-0.15, -0.1) is 0 Å². The molecule has 0 saturated heterocycles. The Hall–Kier alpha value is -3.01. The van der Waals surface area contributed by atoms with Crippen LogP contribution in [-0.4, -0.2) is 25.3 Å². The van der Waals surface area contributed by atoms with Gasteiger partial charge >= 0.3 is 0 Å². The van der Waals surface area contributed by atoms with Crippen LogP contribution in [0.5, 0.6) is 0 Å². The summed E-state index contributed by atoms with van der Waals surface area (Å²) in [5.41, 5.74) is 2.57. The lowest BCUT2D eigenvalue weighted by molar-refractivity contribution is 0.432. The second kappa shape index (κ2) is 4.34. The summed E-state index contributed by atoms with van der Waals surface area (Å²) in [7, 11) is 0. The number of aromatic nitrogens is 5. The van der Waals surface area contributed by atoms with Gasteiger partial charge in [-0.1, -0.05) is 5.16 Å². The molecule has 0 unspecified atom stereocenters. The summed E-state index contributed by atoms with van der Waals surface area (Å²) in [6.45, 7) is 1.91. The second-order valence-electron chi connectivity index (χ2n) is 3.88. The average Bonchev–Trinajstić information content (AvgIpc) is 3.07. The van der Waals surface area contributed by atoms with Gasteiger partial charge in [0.05, 0.1) is 11.8 Å². The highest BCUT2D eigenvalue weighted by atomic mass is 16.5. The van der Waals surface area contributed by atoms with E-state index in [0.717, 1.165) is 11.1 Å². The van der Waals surface area contributed by atoms with Gasteiger partial charge in [-0.05, 0) is 18.6 Å². The lowest BCUT2D eigenvalue weighted by Gasteiger charge is -1.97. The molecular formula is C12H8N6O. The van der Waals surface area contributed by atoms with E-state index in [2.05, 4.69) is 25.3 Å². The van der Waals surface area contributed by atoms with Crippen molar-refractivity contribution in [1.82, 2.24) is 25.3 Å². The molecule has 0 atom stereocenters. The van der Waals surface area contributed by atoms with E-state index in [9.17, 15) is 0 Å². The first-order chi connectivity index (χ1) is 9.29. The fourth-order valence-electron chi connectivity index (χ4n) is 1.70. The molecule has 1 N–H and O–H groups in total. The summed E-state index contributed by atoms with van der Waals surface area (Å²) in [6.07, 6.45) is 4.87. The van der Waals surface area contributed by atoms with Crippen LogP contribution in [0.2, 0.25) is 0 Å². The van der Waals surface area contributed by atoms with Gasteiger partial charge in [0, 0.05) is 18.0 Å². The zero-order chi connectivity index (χ0) is 13.2. The van der Waals surface area contributed by atoms with Crippen molar-refractivity contribution >= 4 is 0 Å². The molecule has 92 valence electrons. The van der Waals surface area contributed by atoms with Crippen molar-refractivity contribution in [3.05, 3.63) is 35.9 Å². The quantitative estimate of drug-likeness (QED) is 0.744. The summed E-state index contributed by atoms with van der Waals surface area (Å²) in [4.78, 5) is 8.29. The third-order valence-electron chi connectivity index (χ3n) is 2.67.